The summed E-state index contributed by atoms with van der Waals surface area (Å²) < 4.78 is 7.87. The van der Waals surface area contributed by atoms with Gasteiger partial charge in [0.15, 0.2) is 46.1 Å². The highest BCUT2D eigenvalue weighted by molar-refractivity contribution is 5.84. The maximum absolute atomic E-state index is 12.4. The molecule has 8 aliphatic rings. The van der Waals surface area contributed by atoms with Gasteiger partial charge in [-0.3, -0.25) is 39.1 Å². The van der Waals surface area contributed by atoms with Crippen LogP contribution in [-0.2, 0) is 45.4 Å². The lowest BCUT2D eigenvalue weighted by atomic mass is 9.96. The highest BCUT2D eigenvalue weighted by atomic mass is 16.2. The fourth-order valence-corrected chi connectivity index (χ4v) is 15.5. The Kier molecular flexibility index (Phi) is 26.3. The van der Waals surface area contributed by atoms with Crippen LogP contribution in [0.5, 0.6) is 0 Å². The predicted octanol–water partition coefficient (Wildman–Crippen LogP) is 16.2. The summed E-state index contributed by atoms with van der Waals surface area (Å²) in [5, 5.41) is 0. The summed E-state index contributed by atoms with van der Waals surface area (Å²) in [7, 11) is 0. The Morgan fingerprint density at radius 1 is 0.308 bits per heavy atom. The van der Waals surface area contributed by atoms with Crippen molar-refractivity contribution in [2.75, 3.05) is 0 Å². The molecule has 120 heavy (non-hydrogen) atoms. The first kappa shape index (κ1) is 84.8. The molecule has 0 fully saturated rings. The largest absolute Gasteiger partial charge is 0.349 e. The molecule has 0 aromatic heterocycles. The zero-order chi connectivity index (χ0) is 85.3. The molecule has 0 bridgehead atoms. The van der Waals surface area contributed by atoms with E-state index in [4.69, 9.17) is 0 Å². The van der Waals surface area contributed by atoms with E-state index >= 15 is 0 Å². The fraction of sp³-hybridized carbons (Fsp3) is 0.333. The van der Waals surface area contributed by atoms with Gasteiger partial charge in [0.1, 0.15) is 0 Å². The van der Waals surface area contributed by atoms with Crippen LogP contribution < -0.4 is 45.0 Å². The first-order valence-electron chi connectivity index (χ1n) is 41.6. The van der Waals surface area contributed by atoms with Gasteiger partial charge in [-0.2, -0.15) is 19.9 Å². The molecule has 8 aromatic carbocycles. The van der Waals surface area contributed by atoms with Crippen LogP contribution >= 0.6 is 0 Å². The quantitative estimate of drug-likeness (QED) is 0.0458. The fourth-order valence-electron chi connectivity index (χ4n) is 15.5. The zero-order valence-electron chi connectivity index (χ0n) is 70.8. The van der Waals surface area contributed by atoms with Gasteiger partial charge in [-0.15, -0.1) is 0 Å². The molecule has 0 saturated carbocycles. The van der Waals surface area contributed by atoms with Gasteiger partial charge in [-0.1, -0.05) is 213 Å². The minimum atomic E-state index is -0.646. The smallest absolute Gasteiger partial charge is 0.322 e. The molecule has 8 aromatic rings. The van der Waals surface area contributed by atoms with E-state index in [0.717, 1.165) is 113 Å². The number of aryl methyl sites for hydroxylation is 12. The Balaban J connectivity index is 0.000000138. The standard InChI is InChI=1S/4C24H26N4O2/c2*1-14(2)18-9-10-20-19(13-18)25-21-22(26-24(30)27-23(21)29)28(20)12-11-16(4)17-7-5-15(3)6-8-17;1-4-7-18-14-19-20(13-16(18)3)28(11-6-10-17-9-5-8-15(2)12-17)22-21(25-19)23(29)27-24(30)26-22;1-4-5-17-8-11-20-19(14-17)25-21-22(26-24(30)27-23(21)29)28(20)13-12-16(3)18-9-6-15(2)7-10-18/h2*5-10,13-14,16H,11-12H2,1-4H3,(H,27,29,30);5,8-9,12-14H,4,6-7,10-11H2,1-3H3,(H,27,29,30);6-11,14,16H,4-5,12-13H2,1-3H3,(H,27,29,30)/t2*16-;;/m10../s1. The van der Waals surface area contributed by atoms with Gasteiger partial charge >= 0.3 is 22.8 Å². The molecule has 0 saturated heterocycles. The van der Waals surface area contributed by atoms with Gasteiger partial charge in [0.25, 0.3) is 22.2 Å². The number of benzene rings is 8. The van der Waals surface area contributed by atoms with Crippen molar-refractivity contribution < 1.29 is 0 Å². The zero-order valence-corrected chi connectivity index (χ0v) is 70.8. The Hall–Kier alpha value is -13.1. The molecule has 24 heteroatoms. The summed E-state index contributed by atoms with van der Waals surface area (Å²) in [5.41, 5.74) is 18.7. The lowest BCUT2D eigenvalue weighted by Crippen LogP contribution is -2.29. The van der Waals surface area contributed by atoms with E-state index in [1.807, 2.05) is 54.7 Å². The predicted molar refractivity (Wildman–Crippen MR) is 477 cm³/mol. The molecule has 616 valence electrons. The second-order valence-electron chi connectivity index (χ2n) is 32.5. The third kappa shape index (κ3) is 19.5. The van der Waals surface area contributed by atoms with E-state index in [-0.39, 0.29) is 22.8 Å². The molecule has 8 aliphatic heterocycles. The van der Waals surface area contributed by atoms with Crippen LogP contribution in [0, 0.1) is 34.6 Å². The van der Waals surface area contributed by atoms with Crippen molar-refractivity contribution in [3.05, 3.63) is 319 Å². The molecule has 1 unspecified atom stereocenters. The molecule has 24 nitrogen and oxygen atoms in total. The topological polar surface area (TPSA) is 323 Å². The first-order valence-corrected chi connectivity index (χ1v) is 41.6. The summed E-state index contributed by atoms with van der Waals surface area (Å²) in [6, 6.07) is 56.6. The van der Waals surface area contributed by atoms with Crippen LogP contribution in [0.1, 0.15) is 203 Å². The second-order valence-corrected chi connectivity index (χ2v) is 32.5. The van der Waals surface area contributed by atoms with Gasteiger partial charge in [-0.25, -0.2) is 39.1 Å². The average Bonchev–Trinajstić information content (AvgIpc) is 0.772. The number of H-pyrrole nitrogens is 4. The van der Waals surface area contributed by atoms with Crippen LogP contribution in [0.3, 0.4) is 0 Å². The van der Waals surface area contributed by atoms with Crippen LogP contribution in [0.15, 0.2) is 202 Å². The van der Waals surface area contributed by atoms with Gasteiger partial charge in [0, 0.05) is 26.2 Å². The summed E-state index contributed by atoms with van der Waals surface area (Å²) >= 11 is 0. The van der Waals surface area contributed by atoms with Crippen molar-refractivity contribution in [1.29, 1.82) is 0 Å². The second kappa shape index (κ2) is 37.2. The number of aromatic amines is 4. The summed E-state index contributed by atoms with van der Waals surface area (Å²) in [6.45, 7) is 32.3. The number of nitrogens with zero attached hydrogens (tertiary/aromatic N) is 12. The number of hydrogen-bond donors (Lipinski definition) is 4. The molecule has 0 amide bonds. The maximum atomic E-state index is 12.4. The third-order valence-electron chi connectivity index (χ3n) is 22.6. The molecular formula is C96H104N16O8. The molecule has 4 N–H and O–H groups in total. The van der Waals surface area contributed by atoms with E-state index in [1.165, 1.54) is 61.2 Å². The van der Waals surface area contributed by atoms with Gasteiger partial charge in [0.2, 0.25) is 0 Å². The van der Waals surface area contributed by atoms with E-state index in [9.17, 15) is 38.4 Å². The van der Waals surface area contributed by atoms with E-state index in [2.05, 4.69) is 284 Å². The van der Waals surface area contributed by atoms with Crippen LogP contribution in [0.4, 0.5) is 0 Å². The summed E-state index contributed by atoms with van der Waals surface area (Å²) in [4.78, 5) is 141. The van der Waals surface area contributed by atoms with Crippen LogP contribution in [0.2, 0.25) is 0 Å². The average molecular weight is 1610 g/mol. The minimum absolute atomic E-state index is 0.200. The van der Waals surface area contributed by atoms with Crippen molar-refractivity contribution in [3.63, 3.8) is 0 Å². The highest BCUT2D eigenvalue weighted by Gasteiger charge is 2.26. The maximum Gasteiger partial charge on any atom is 0.349 e. The van der Waals surface area contributed by atoms with Gasteiger partial charge in [0.05, 0.1) is 44.1 Å². The molecule has 3 atom stereocenters. The minimum Gasteiger partial charge on any atom is -0.322 e. The van der Waals surface area contributed by atoms with Gasteiger partial charge in [-0.05, 0) is 208 Å². The monoisotopic (exact) mass is 1610 g/mol. The van der Waals surface area contributed by atoms with E-state index < -0.39 is 45.0 Å². The Morgan fingerprint density at radius 2 is 0.642 bits per heavy atom. The SMILES string of the molecule is CCCc1cc2nc3c(=O)[nH]c(=O)nc-3n(CCCc3cccc(C)c3)c2cc1C.CCCc1ccc2c(c1)nc1c(=O)[nH]c(=O)nc-1n2CCC(C)c1ccc(C)cc1.Cc1ccc([C@@H](C)CCn2c3nc(=O)[nH]c(=O)c-3nc3cc(C(C)C)ccc32)cc1.Cc1ccc([C@H](C)CCn2c3nc(=O)[nH]c(=O)c-3nc3cc(C(C)C)ccc32)cc1. The van der Waals surface area contributed by atoms with E-state index in [0.29, 0.717) is 79.1 Å². The Morgan fingerprint density at radius 3 is 1.00 bits per heavy atom. The van der Waals surface area contributed by atoms with Crippen molar-refractivity contribution in [2.24, 2.45) is 0 Å². The normalized spacial score (nSPS) is 12.3. The molecular weight excluding hydrogens is 1510 g/mol. The Bertz CT molecular complexity index is 6570. The number of hydrogen-bond acceptors (Lipinski definition) is 16. The molecule has 0 aliphatic carbocycles. The third-order valence-corrected chi connectivity index (χ3v) is 22.6. The van der Waals surface area contributed by atoms with Crippen molar-refractivity contribution in [2.45, 2.75) is 210 Å². The lowest BCUT2D eigenvalue weighted by Gasteiger charge is -2.20. The van der Waals surface area contributed by atoms with Crippen LogP contribution in [0.25, 0.3) is 90.2 Å². The number of rotatable bonds is 22. The van der Waals surface area contributed by atoms with Crippen molar-refractivity contribution in [3.8, 4) is 46.1 Å². The molecule has 0 spiro atoms. The number of nitrogens with one attached hydrogen (secondary N) is 4. The Labute approximate surface area is 694 Å². The van der Waals surface area contributed by atoms with Crippen molar-refractivity contribution in [1.82, 2.24) is 78.1 Å². The molecule has 16 rings (SSSR count). The van der Waals surface area contributed by atoms with Crippen LogP contribution in [-0.4, -0.2) is 78.1 Å². The molecule has 0 radical (unpaired) electrons. The number of aromatic nitrogens is 16. The summed E-state index contributed by atoms with van der Waals surface area (Å²) in [5.74, 6) is 3.03. The van der Waals surface area contributed by atoms with Crippen molar-refractivity contribution >= 4 is 44.1 Å². The molecule has 8 heterocycles. The first-order chi connectivity index (χ1) is 57.6. The highest BCUT2D eigenvalue weighted by Crippen LogP contribution is 2.33. The van der Waals surface area contributed by atoms with E-state index in [1.54, 1.807) is 0 Å². The lowest BCUT2D eigenvalue weighted by molar-refractivity contribution is 0.582. The number of fused-ring (bicyclic) bond motifs is 8. The summed E-state index contributed by atoms with van der Waals surface area (Å²) in [6.07, 6.45) is 8.29. The van der Waals surface area contributed by atoms with Gasteiger partial charge < -0.3 is 18.3 Å².